The molecule has 0 bridgehead atoms. The molecular formula is C16H14N4OS. The van der Waals surface area contributed by atoms with E-state index in [4.69, 9.17) is 0 Å². The number of anilines is 2. The fourth-order valence-corrected chi connectivity index (χ4v) is 2.48. The highest BCUT2D eigenvalue weighted by molar-refractivity contribution is 7.12. The normalized spacial score (nSPS) is 10.2. The zero-order chi connectivity index (χ0) is 15.2. The van der Waals surface area contributed by atoms with Crippen molar-refractivity contribution in [3.63, 3.8) is 0 Å². The fourth-order valence-electron chi connectivity index (χ4n) is 1.86. The molecule has 6 heteroatoms. The van der Waals surface area contributed by atoms with Gasteiger partial charge in [-0.15, -0.1) is 11.3 Å². The number of carbonyl (C=O) groups is 1. The SMILES string of the molecule is O=C(Nc1ccc(NCc2ccncc2)cn1)c1cccs1. The first-order valence-corrected chi connectivity index (χ1v) is 7.63. The lowest BCUT2D eigenvalue weighted by Gasteiger charge is -2.07. The third-order valence-electron chi connectivity index (χ3n) is 3.00. The topological polar surface area (TPSA) is 66.9 Å². The summed E-state index contributed by atoms with van der Waals surface area (Å²) < 4.78 is 0. The number of thiophene rings is 1. The number of aromatic nitrogens is 2. The Morgan fingerprint density at radius 1 is 1.14 bits per heavy atom. The largest absolute Gasteiger partial charge is 0.380 e. The number of rotatable bonds is 5. The minimum absolute atomic E-state index is 0.139. The molecule has 2 N–H and O–H groups in total. The molecular weight excluding hydrogens is 296 g/mol. The average Bonchev–Trinajstić information content (AvgIpc) is 3.10. The van der Waals surface area contributed by atoms with Gasteiger partial charge in [-0.05, 0) is 41.3 Å². The standard InChI is InChI=1S/C16H14N4OS/c21-16(14-2-1-9-22-14)20-15-4-3-13(11-19-15)18-10-12-5-7-17-8-6-12/h1-9,11,18H,10H2,(H,19,20,21). The molecule has 110 valence electrons. The molecule has 0 spiro atoms. The Morgan fingerprint density at radius 2 is 2.00 bits per heavy atom. The molecule has 0 fully saturated rings. The van der Waals surface area contributed by atoms with Crippen molar-refractivity contribution in [1.29, 1.82) is 0 Å². The molecule has 22 heavy (non-hydrogen) atoms. The van der Waals surface area contributed by atoms with Crippen LogP contribution in [0.15, 0.2) is 60.4 Å². The molecule has 0 aliphatic rings. The minimum atomic E-state index is -0.139. The second-order valence-corrected chi connectivity index (χ2v) is 5.52. The van der Waals surface area contributed by atoms with Gasteiger partial charge in [0.2, 0.25) is 0 Å². The van der Waals surface area contributed by atoms with Crippen molar-refractivity contribution < 1.29 is 4.79 Å². The molecule has 0 aromatic carbocycles. The van der Waals surface area contributed by atoms with E-state index in [2.05, 4.69) is 20.6 Å². The van der Waals surface area contributed by atoms with Gasteiger partial charge in [0.15, 0.2) is 0 Å². The van der Waals surface area contributed by atoms with Crippen LogP contribution in [0.2, 0.25) is 0 Å². The first kappa shape index (κ1) is 14.2. The summed E-state index contributed by atoms with van der Waals surface area (Å²) in [7, 11) is 0. The minimum Gasteiger partial charge on any atom is -0.380 e. The first-order chi connectivity index (χ1) is 10.8. The molecule has 0 saturated heterocycles. The lowest BCUT2D eigenvalue weighted by Crippen LogP contribution is -2.11. The maximum Gasteiger partial charge on any atom is 0.266 e. The monoisotopic (exact) mass is 310 g/mol. The van der Waals surface area contributed by atoms with Gasteiger partial charge in [0.1, 0.15) is 5.82 Å². The van der Waals surface area contributed by atoms with Crippen LogP contribution in [0.4, 0.5) is 11.5 Å². The number of carbonyl (C=O) groups excluding carboxylic acids is 1. The Labute approximate surface area is 132 Å². The van der Waals surface area contributed by atoms with E-state index in [0.717, 1.165) is 11.3 Å². The molecule has 1 amide bonds. The molecule has 0 aliphatic carbocycles. The van der Waals surface area contributed by atoms with Crippen LogP contribution < -0.4 is 10.6 Å². The van der Waals surface area contributed by atoms with Gasteiger partial charge in [0.25, 0.3) is 5.91 Å². The van der Waals surface area contributed by atoms with Crippen molar-refractivity contribution in [1.82, 2.24) is 9.97 Å². The number of nitrogens with zero attached hydrogens (tertiary/aromatic N) is 2. The number of hydrogen-bond donors (Lipinski definition) is 2. The molecule has 0 saturated carbocycles. The summed E-state index contributed by atoms with van der Waals surface area (Å²) in [4.78, 5) is 20.8. The Kier molecular flexibility index (Phi) is 4.41. The molecule has 3 aromatic heterocycles. The summed E-state index contributed by atoms with van der Waals surface area (Å²) in [5.74, 6) is 0.396. The van der Waals surface area contributed by atoms with Crippen LogP contribution >= 0.6 is 11.3 Å². The van der Waals surface area contributed by atoms with Crippen molar-refractivity contribution in [3.8, 4) is 0 Å². The van der Waals surface area contributed by atoms with Gasteiger partial charge < -0.3 is 10.6 Å². The summed E-state index contributed by atoms with van der Waals surface area (Å²) in [6.45, 7) is 0.700. The van der Waals surface area contributed by atoms with Crippen molar-refractivity contribution in [2.24, 2.45) is 0 Å². The predicted molar refractivity (Wildman–Crippen MR) is 88.1 cm³/mol. The molecule has 3 aromatic rings. The number of amides is 1. The number of nitrogens with one attached hydrogen (secondary N) is 2. The van der Waals surface area contributed by atoms with Gasteiger partial charge in [-0.3, -0.25) is 9.78 Å². The van der Waals surface area contributed by atoms with Gasteiger partial charge in [0.05, 0.1) is 16.8 Å². The quantitative estimate of drug-likeness (QED) is 0.758. The van der Waals surface area contributed by atoms with E-state index in [1.807, 2.05) is 29.6 Å². The van der Waals surface area contributed by atoms with Gasteiger partial charge in [-0.25, -0.2) is 4.98 Å². The third kappa shape index (κ3) is 3.67. The molecule has 3 rings (SSSR count). The third-order valence-corrected chi connectivity index (χ3v) is 3.86. The maximum absolute atomic E-state index is 11.9. The Hall–Kier alpha value is -2.73. The van der Waals surface area contributed by atoms with Crippen LogP contribution in [-0.2, 0) is 6.54 Å². The zero-order valence-corrected chi connectivity index (χ0v) is 12.5. The molecule has 5 nitrogen and oxygen atoms in total. The summed E-state index contributed by atoms with van der Waals surface area (Å²) in [6, 6.07) is 11.2. The van der Waals surface area contributed by atoms with Crippen LogP contribution in [-0.4, -0.2) is 15.9 Å². The van der Waals surface area contributed by atoms with Crippen LogP contribution in [0.1, 0.15) is 15.2 Å². The van der Waals surface area contributed by atoms with Crippen LogP contribution in [0, 0.1) is 0 Å². The molecule has 3 heterocycles. The van der Waals surface area contributed by atoms with E-state index in [9.17, 15) is 4.79 Å². The fraction of sp³-hybridized carbons (Fsp3) is 0.0625. The Bertz CT molecular complexity index is 727. The molecule has 0 radical (unpaired) electrons. The summed E-state index contributed by atoms with van der Waals surface area (Å²) in [5.41, 5.74) is 2.04. The first-order valence-electron chi connectivity index (χ1n) is 6.75. The highest BCUT2D eigenvalue weighted by atomic mass is 32.1. The van der Waals surface area contributed by atoms with Crippen LogP contribution in [0.3, 0.4) is 0 Å². The Balaban J connectivity index is 1.57. The van der Waals surface area contributed by atoms with E-state index in [1.54, 1.807) is 30.7 Å². The smallest absolute Gasteiger partial charge is 0.266 e. The maximum atomic E-state index is 11.9. The summed E-state index contributed by atoms with van der Waals surface area (Å²) in [6.07, 6.45) is 5.22. The summed E-state index contributed by atoms with van der Waals surface area (Å²) in [5, 5.41) is 7.91. The van der Waals surface area contributed by atoms with Gasteiger partial charge >= 0.3 is 0 Å². The van der Waals surface area contributed by atoms with E-state index < -0.39 is 0 Å². The number of hydrogen-bond acceptors (Lipinski definition) is 5. The van der Waals surface area contributed by atoms with Crippen molar-refractivity contribution in [2.45, 2.75) is 6.54 Å². The van der Waals surface area contributed by atoms with Crippen LogP contribution in [0.25, 0.3) is 0 Å². The predicted octanol–water partition coefficient (Wildman–Crippen LogP) is 3.40. The average molecular weight is 310 g/mol. The van der Waals surface area contributed by atoms with Crippen molar-refractivity contribution >= 4 is 28.7 Å². The highest BCUT2D eigenvalue weighted by Crippen LogP contribution is 2.14. The Morgan fingerprint density at radius 3 is 2.68 bits per heavy atom. The van der Waals surface area contributed by atoms with Gasteiger partial charge in [-0.1, -0.05) is 6.07 Å². The second kappa shape index (κ2) is 6.82. The lowest BCUT2D eigenvalue weighted by molar-refractivity contribution is 0.103. The highest BCUT2D eigenvalue weighted by Gasteiger charge is 2.07. The molecule has 0 aliphatic heterocycles. The lowest BCUT2D eigenvalue weighted by atomic mass is 10.2. The second-order valence-electron chi connectivity index (χ2n) is 4.57. The van der Waals surface area contributed by atoms with E-state index in [1.165, 1.54) is 11.3 Å². The van der Waals surface area contributed by atoms with E-state index in [0.29, 0.717) is 17.2 Å². The van der Waals surface area contributed by atoms with Crippen molar-refractivity contribution in [3.05, 3.63) is 70.8 Å². The number of pyridine rings is 2. The molecule has 0 unspecified atom stereocenters. The van der Waals surface area contributed by atoms with Crippen molar-refractivity contribution in [2.75, 3.05) is 10.6 Å². The van der Waals surface area contributed by atoms with Crippen LogP contribution in [0.5, 0.6) is 0 Å². The van der Waals surface area contributed by atoms with E-state index in [-0.39, 0.29) is 5.91 Å². The van der Waals surface area contributed by atoms with Gasteiger partial charge in [-0.2, -0.15) is 0 Å². The zero-order valence-electron chi connectivity index (χ0n) is 11.7. The van der Waals surface area contributed by atoms with Gasteiger partial charge in [0, 0.05) is 18.9 Å². The summed E-state index contributed by atoms with van der Waals surface area (Å²) >= 11 is 1.40. The van der Waals surface area contributed by atoms with E-state index >= 15 is 0 Å². The molecule has 0 atom stereocenters.